The molecule has 1 atom stereocenters. The molecule has 0 saturated heterocycles. The molecule has 0 fully saturated rings. The summed E-state index contributed by atoms with van der Waals surface area (Å²) >= 11 is 0. The Kier molecular flexibility index (Phi) is 3.88. The molecule has 1 unspecified atom stereocenters. The summed E-state index contributed by atoms with van der Waals surface area (Å²) in [4.78, 5) is 19.6. The third kappa shape index (κ3) is 2.62. The Bertz CT molecular complexity index is 587. The number of nitrogens with zero attached hydrogens (tertiary/aromatic N) is 1. The Morgan fingerprint density at radius 1 is 1.42 bits per heavy atom. The third-order valence-electron chi connectivity index (χ3n) is 3.37. The fraction of sp³-hybridized carbons (Fsp3) is 0.467. The molecule has 2 aromatic rings. The predicted octanol–water partition coefficient (Wildman–Crippen LogP) is 3.35. The number of H-pyrrole nitrogens is 1. The van der Waals surface area contributed by atoms with Crippen LogP contribution < -0.4 is 0 Å². The number of ether oxygens (including phenoxy) is 1. The Morgan fingerprint density at radius 2 is 2.16 bits per heavy atom. The van der Waals surface area contributed by atoms with Gasteiger partial charge in [0.25, 0.3) is 0 Å². The predicted molar refractivity (Wildman–Crippen MR) is 75.2 cm³/mol. The number of rotatable bonds is 4. The molecule has 102 valence electrons. The van der Waals surface area contributed by atoms with E-state index >= 15 is 0 Å². The number of carbonyl (C=O) groups is 1. The van der Waals surface area contributed by atoms with Crippen molar-refractivity contribution in [3.8, 4) is 0 Å². The molecule has 0 aliphatic carbocycles. The number of hydrogen-bond donors (Lipinski definition) is 1. The maximum Gasteiger partial charge on any atom is 0.313 e. The maximum absolute atomic E-state index is 11.7. The summed E-state index contributed by atoms with van der Waals surface area (Å²) in [6.07, 6.45) is 0.726. The molecule has 0 radical (unpaired) electrons. The van der Waals surface area contributed by atoms with Crippen molar-refractivity contribution in [2.24, 2.45) is 0 Å². The minimum atomic E-state index is -0.208. The van der Waals surface area contributed by atoms with E-state index in [1.165, 1.54) is 7.11 Å². The topological polar surface area (TPSA) is 55.0 Å². The summed E-state index contributed by atoms with van der Waals surface area (Å²) in [6.45, 7) is 6.18. The standard InChI is InChI=1S/C15H20N2O2/c1-5-11(15(18)19-4)10-6-7-12-13(8-10)17-14(16-12)9(2)3/h6-9,11H,5H2,1-4H3,(H,16,17). The molecule has 0 bridgehead atoms. The third-order valence-corrected chi connectivity index (χ3v) is 3.37. The van der Waals surface area contributed by atoms with Gasteiger partial charge in [0.2, 0.25) is 0 Å². The second-order valence-corrected chi connectivity index (χ2v) is 5.04. The number of fused-ring (bicyclic) bond motifs is 1. The van der Waals surface area contributed by atoms with Crippen LogP contribution in [-0.4, -0.2) is 23.0 Å². The lowest BCUT2D eigenvalue weighted by atomic mass is 9.96. The van der Waals surface area contributed by atoms with Gasteiger partial charge in [-0.2, -0.15) is 0 Å². The number of aromatic amines is 1. The fourth-order valence-corrected chi connectivity index (χ4v) is 2.22. The van der Waals surface area contributed by atoms with Crippen LogP contribution in [0.2, 0.25) is 0 Å². The number of methoxy groups -OCH3 is 1. The molecule has 0 saturated carbocycles. The van der Waals surface area contributed by atoms with Crippen LogP contribution >= 0.6 is 0 Å². The average molecular weight is 260 g/mol. The first-order valence-corrected chi connectivity index (χ1v) is 6.64. The molecule has 1 N–H and O–H groups in total. The van der Waals surface area contributed by atoms with E-state index in [9.17, 15) is 4.79 Å². The number of esters is 1. The fourth-order valence-electron chi connectivity index (χ4n) is 2.22. The van der Waals surface area contributed by atoms with Crippen LogP contribution in [0.4, 0.5) is 0 Å². The van der Waals surface area contributed by atoms with E-state index < -0.39 is 0 Å². The van der Waals surface area contributed by atoms with Gasteiger partial charge in [-0.05, 0) is 24.1 Å². The molecule has 19 heavy (non-hydrogen) atoms. The van der Waals surface area contributed by atoms with Crippen molar-refractivity contribution in [3.63, 3.8) is 0 Å². The highest BCUT2D eigenvalue weighted by molar-refractivity contribution is 5.82. The molecular formula is C15H20N2O2. The smallest absolute Gasteiger partial charge is 0.313 e. The number of nitrogens with one attached hydrogen (secondary N) is 1. The number of imidazole rings is 1. The van der Waals surface area contributed by atoms with Crippen molar-refractivity contribution in [2.75, 3.05) is 7.11 Å². The van der Waals surface area contributed by atoms with Crippen molar-refractivity contribution in [3.05, 3.63) is 29.6 Å². The SMILES string of the molecule is CCC(C(=O)OC)c1ccc2nc(C(C)C)[nH]c2c1. The van der Waals surface area contributed by atoms with Crippen molar-refractivity contribution in [1.82, 2.24) is 9.97 Å². The highest BCUT2D eigenvalue weighted by atomic mass is 16.5. The van der Waals surface area contributed by atoms with Crippen molar-refractivity contribution >= 4 is 17.0 Å². The molecule has 4 heteroatoms. The van der Waals surface area contributed by atoms with Crippen molar-refractivity contribution < 1.29 is 9.53 Å². The summed E-state index contributed by atoms with van der Waals surface area (Å²) in [5, 5.41) is 0. The van der Waals surface area contributed by atoms with Gasteiger partial charge < -0.3 is 9.72 Å². The van der Waals surface area contributed by atoms with Gasteiger partial charge in [-0.1, -0.05) is 26.8 Å². The Labute approximate surface area is 113 Å². The van der Waals surface area contributed by atoms with Crippen LogP contribution in [0, 0.1) is 0 Å². The summed E-state index contributed by atoms with van der Waals surface area (Å²) in [6, 6.07) is 5.91. The highest BCUT2D eigenvalue weighted by Crippen LogP contribution is 2.25. The molecule has 1 aromatic carbocycles. The van der Waals surface area contributed by atoms with E-state index in [-0.39, 0.29) is 11.9 Å². The van der Waals surface area contributed by atoms with Crippen molar-refractivity contribution in [2.45, 2.75) is 39.0 Å². The van der Waals surface area contributed by atoms with Crippen LogP contribution in [0.1, 0.15) is 50.4 Å². The van der Waals surface area contributed by atoms with E-state index in [2.05, 4.69) is 23.8 Å². The van der Waals surface area contributed by atoms with E-state index in [0.717, 1.165) is 28.8 Å². The molecule has 2 rings (SSSR count). The molecule has 0 aliphatic rings. The molecule has 0 aliphatic heterocycles. The summed E-state index contributed by atoms with van der Waals surface area (Å²) in [7, 11) is 1.43. The van der Waals surface area contributed by atoms with Gasteiger partial charge >= 0.3 is 5.97 Å². The zero-order chi connectivity index (χ0) is 14.0. The van der Waals surface area contributed by atoms with Crippen LogP contribution in [0.25, 0.3) is 11.0 Å². The molecular weight excluding hydrogens is 240 g/mol. The first kappa shape index (κ1) is 13.6. The minimum absolute atomic E-state index is 0.189. The minimum Gasteiger partial charge on any atom is -0.469 e. The summed E-state index contributed by atoms with van der Waals surface area (Å²) in [5.74, 6) is 0.933. The van der Waals surface area contributed by atoms with Gasteiger partial charge in [0, 0.05) is 5.92 Å². The zero-order valence-electron chi connectivity index (χ0n) is 11.9. The number of aromatic nitrogens is 2. The van der Waals surface area contributed by atoms with Gasteiger partial charge in [0.1, 0.15) is 5.82 Å². The second kappa shape index (κ2) is 5.43. The van der Waals surface area contributed by atoms with Gasteiger partial charge in [-0.3, -0.25) is 4.79 Å². The summed E-state index contributed by atoms with van der Waals surface area (Å²) < 4.78 is 4.85. The van der Waals surface area contributed by atoms with Crippen LogP contribution in [0.15, 0.2) is 18.2 Å². The summed E-state index contributed by atoms with van der Waals surface area (Å²) in [5.41, 5.74) is 2.89. The van der Waals surface area contributed by atoms with Crippen LogP contribution in [0.3, 0.4) is 0 Å². The monoisotopic (exact) mass is 260 g/mol. The van der Waals surface area contributed by atoms with E-state index in [1.54, 1.807) is 0 Å². The first-order valence-electron chi connectivity index (χ1n) is 6.64. The molecule has 4 nitrogen and oxygen atoms in total. The van der Waals surface area contributed by atoms with E-state index in [0.29, 0.717) is 5.92 Å². The molecule has 0 amide bonds. The normalized spacial score (nSPS) is 12.9. The largest absolute Gasteiger partial charge is 0.469 e. The van der Waals surface area contributed by atoms with Gasteiger partial charge in [0.15, 0.2) is 0 Å². The quantitative estimate of drug-likeness (QED) is 0.858. The zero-order valence-corrected chi connectivity index (χ0v) is 11.9. The number of hydrogen-bond acceptors (Lipinski definition) is 3. The van der Waals surface area contributed by atoms with Gasteiger partial charge in [-0.25, -0.2) is 4.98 Å². The maximum atomic E-state index is 11.7. The molecule has 0 spiro atoms. The average Bonchev–Trinajstić information content (AvgIpc) is 2.82. The highest BCUT2D eigenvalue weighted by Gasteiger charge is 2.20. The van der Waals surface area contributed by atoms with E-state index in [1.807, 2.05) is 25.1 Å². The lowest BCUT2D eigenvalue weighted by Crippen LogP contribution is -2.13. The van der Waals surface area contributed by atoms with Gasteiger partial charge in [-0.15, -0.1) is 0 Å². The molecule has 1 aromatic heterocycles. The molecule has 1 heterocycles. The van der Waals surface area contributed by atoms with Crippen molar-refractivity contribution in [1.29, 1.82) is 0 Å². The lowest BCUT2D eigenvalue weighted by Gasteiger charge is -2.12. The second-order valence-electron chi connectivity index (χ2n) is 5.04. The van der Waals surface area contributed by atoms with Gasteiger partial charge in [0.05, 0.1) is 24.1 Å². The Morgan fingerprint density at radius 3 is 2.74 bits per heavy atom. The number of carbonyl (C=O) groups excluding carboxylic acids is 1. The first-order chi connectivity index (χ1) is 9.06. The van der Waals surface area contributed by atoms with Crippen LogP contribution in [-0.2, 0) is 9.53 Å². The Hall–Kier alpha value is -1.84. The lowest BCUT2D eigenvalue weighted by molar-refractivity contribution is -0.142. The van der Waals surface area contributed by atoms with E-state index in [4.69, 9.17) is 4.74 Å². The Balaban J connectivity index is 2.42. The number of benzene rings is 1. The van der Waals surface area contributed by atoms with Crippen LogP contribution in [0.5, 0.6) is 0 Å².